The van der Waals surface area contributed by atoms with E-state index in [1.807, 2.05) is 0 Å². The molecule has 1 rings (SSSR count). The molecule has 0 bridgehead atoms. The Balaban J connectivity index is 2.29. The van der Waals surface area contributed by atoms with Crippen molar-refractivity contribution in [3.8, 4) is 0 Å². The van der Waals surface area contributed by atoms with Crippen molar-refractivity contribution in [3.05, 3.63) is 0 Å². The van der Waals surface area contributed by atoms with Crippen LogP contribution in [0.25, 0.3) is 0 Å². The molecule has 1 aliphatic carbocycles. The van der Waals surface area contributed by atoms with E-state index >= 15 is 0 Å². The average Bonchev–Trinajstić information content (AvgIpc) is 2.06. The summed E-state index contributed by atoms with van der Waals surface area (Å²) >= 11 is 5.40. The van der Waals surface area contributed by atoms with Crippen molar-refractivity contribution < 1.29 is 9.59 Å². The highest BCUT2D eigenvalue weighted by molar-refractivity contribution is 8.18. The highest BCUT2D eigenvalue weighted by Gasteiger charge is 2.17. The Kier molecular flexibility index (Phi) is 4.01. The molecule has 0 unspecified atom stereocenters. The van der Waals surface area contributed by atoms with E-state index in [1.54, 1.807) is 0 Å². The van der Waals surface area contributed by atoms with E-state index in [2.05, 4.69) is 12.6 Å². The maximum Gasteiger partial charge on any atom is 0.232 e. The maximum atomic E-state index is 10.9. The predicted molar refractivity (Wildman–Crippen MR) is 51.8 cm³/mol. The zero-order valence-electron chi connectivity index (χ0n) is 6.75. The normalized spacial score (nSPS) is 19.0. The SMILES string of the molecule is O=C([S-])C(=O)SC1CCCCC1. The lowest BCUT2D eigenvalue weighted by Crippen LogP contribution is -2.15. The molecule has 0 heterocycles. The molecule has 2 nitrogen and oxygen atoms in total. The summed E-state index contributed by atoms with van der Waals surface area (Å²) in [6.45, 7) is 0. The number of hydrogen-bond acceptors (Lipinski definition) is 4. The molecule has 0 aromatic rings. The van der Waals surface area contributed by atoms with Gasteiger partial charge >= 0.3 is 0 Å². The lowest BCUT2D eigenvalue weighted by atomic mass is 10.0. The van der Waals surface area contributed by atoms with Gasteiger partial charge in [0.2, 0.25) is 5.12 Å². The second kappa shape index (κ2) is 4.82. The van der Waals surface area contributed by atoms with Crippen LogP contribution in [0.15, 0.2) is 0 Å². The van der Waals surface area contributed by atoms with Crippen molar-refractivity contribution in [1.29, 1.82) is 0 Å². The van der Waals surface area contributed by atoms with Gasteiger partial charge in [-0.15, -0.1) is 0 Å². The van der Waals surface area contributed by atoms with Gasteiger partial charge in [-0.2, -0.15) is 0 Å². The van der Waals surface area contributed by atoms with Crippen LogP contribution in [0.1, 0.15) is 32.1 Å². The zero-order valence-corrected chi connectivity index (χ0v) is 8.38. The summed E-state index contributed by atoms with van der Waals surface area (Å²) in [5.41, 5.74) is 0. The molecule has 1 fully saturated rings. The van der Waals surface area contributed by atoms with Crippen molar-refractivity contribution >= 4 is 34.6 Å². The van der Waals surface area contributed by atoms with Gasteiger partial charge < -0.3 is 17.4 Å². The molecule has 0 N–H and O–H groups in total. The van der Waals surface area contributed by atoms with Gasteiger partial charge in [-0.3, -0.25) is 4.79 Å². The highest BCUT2D eigenvalue weighted by Crippen LogP contribution is 2.28. The third kappa shape index (κ3) is 3.11. The van der Waals surface area contributed by atoms with Crippen LogP contribution in [-0.2, 0) is 22.2 Å². The largest absolute Gasteiger partial charge is 0.733 e. The Bertz CT molecular complexity index is 185. The smallest absolute Gasteiger partial charge is 0.232 e. The van der Waals surface area contributed by atoms with Gasteiger partial charge in [-0.25, -0.2) is 0 Å². The van der Waals surface area contributed by atoms with Crippen molar-refractivity contribution in [2.75, 3.05) is 0 Å². The summed E-state index contributed by atoms with van der Waals surface area (Å²) in [6.07, 6.45) is 5.72. The molecule has 0 aliphatic heterocycles. The van der Waals surface area contributed by atoms with Gasteiger partial charge in [0.05, 0.1) is 5.12 Å². The Morgan fingerprint density at radius 1 is 1.17 bits per heavy atom. The van der Waals surface area contributed by atoms with E-state index < -0.39 is 10.2 Å². The van der Waals surface area contributed by atoms with Crippen molar-refractivity contribution in [2.45, 2.75) is 37.4 Å². The molecule has 0 atom stereocenters. The van der Waals surface area contributed by atoms with Crippen molar-refractivity contribution in [2.24, 2.45) is 0 Å². The zero-order chi connectivity index (χ0) is 8.97. The lowest BCUT2D eigenvalue weighted by Gasteiger charge is -2.20. The third-order valence-electron chi connectivity index (χ3n) is 1.99. The van der Waals surface area contributed by atoms with Crippen LogP contribution in [0.4, 0.5) is 0 Å². The average molecular weight is 203 g/mol. The third-order valence-corrected chi connectivity index (χ3v) is 3.51. The van der Waals surface area contributed by atoms with Crippen LogP contribution in [0.2, 0.25) is 0 Å². The summed E-state index contributed by atoms with van der Waals surface area (Å²) in [6, 6.07) is 0. The molecule has 68 valence electrons. The number of rotatable bonds is 2. The minimum atomic E-state index is -0.731. The molecule has 1 aliphatic rings. The fourth-order valence-electron chi connectivity index (χ4n) is 1.38. The minimum Gasteiger partial charge on any atom is -0.733 e. The quantitative estimate of drug-likeness (QED) is 0.505. The molecule has 12 heavy (non-hydrogen) atoms. The number of hydrogen-bond donors (Lipinski definition) is 0. The fourth-order valence-corrected chi connectivity index (χ4v) is 2.49. The number of thioether (sulfide) groups is 1. The first-order valence-electron chi connectivity index (χ1n) is 4.12. The summed E-state index contributed by atoms with van der Waals surface area (Å²) < 4.78 is 0. The van der Waals surface area contributed by atoms with Crippen LogP contribution < -0.4 is 0 Å². The predicted octanol–water partition coefficient (Wildman–Crippen LogP) is 1.65. The maximum absolute atomic E-state index is 10.9. The van der Waals surface area contributed by atoms with Gasteiger partial charge in [0.15, 0.2) is 0 Å². The van der Waals surface area contributed by atoms with E-state index in [9.17, 15) is 9.59 Å². The molecule has 4 heteroatoms. The van der Waals surface area contributed by atoms with Crippen LogP contribution in [0, 0.1) is 0 Å². The van der Waals surface area contributed by atoms with Crippen molar-refractivity contribution in [1.82, 2.24) is 0 Å². The number of carbonyl (C=O) groups is 2. The van der Waals surface area contributed by atoms with Gasteiger partial charge in [0.1, 0.15) is 0 Å². The summed E-state index contributed by atoms with van der Waals surface area (Å²) in [5.74, 6) is 0. The van der Waals surface area contributed by atoms with Crippen molar-refractivity contribution in [3.63, 3.8) is 0 Å². The van der Waals surface area contributed by atoms with E-state index in [0.717, 1.165) is 24.6 Å². The molecular weight excluding hydrogens is 192 g/mol. The molecule has 1 saturated carbocycles. The summed E-state index contributed by atoms with van der Waals surface area (Å²) in [7, 11) is 0. The van der Waals surface area contributed by atoms with E-state index in [4.69, 9.17) is 0 Å². The van der Waals surface area contributed by atoms with Gasteiger partial charge in [0, 0.05) is 5.25 Å². The van der Waals surface area contributed by atoms with Crippen LogP contribution in [0.5, 0.6) is 0 Å². The Morgan fingerprint density at radius 3 is 2.25 bits per heavy atom. The second-order valence-electron chi connectivity index (χ2n) is 2.95. The first-order chi connectivity index (χ1) is 5.70. The Hall–Kier alpha value is -0.0900. The van der Waals surface area contributed by atoms with Gasteiger partial charge in [-0.1, -0.05) is 31.0 Å². The molecule has 0 amide bonds. The number of carbonyl (C=O) groups excluding carboxylic acids is 2. The van der Waals surface area contributed by atoms with Crippen LogP contribution >= 0.6 is 11.8 Å². The van der Waals surface area contributed by atoms with E-state index in [-0.39, 0.29) is 0 Å². The Labute approximate surface area is 81.9 Å². The Morgan fingerprint density at radius 2 is 1.75 bits per heavy atom. The van der Waals surface area contributed by atoms with Gasteiger partial charge in [0.25, 0.3) is 0 Å². The van der Waals surface area contributed by atoms with Gasteiger partial charge in [-0.05, 0) is 12.8 Å². The minimum absolute atomic E-state index is 0.346. The molecular formula is C8H11O2S2-. The van der Waals surface area contributed by atoms with Crippen LogP contribution in [0.3, 0.4) is 0 Å². The first-order valence-corrected chi connectivity index (χ1v) is 5.41. The van der Waals surface area contributed by atoms with E-state index in [0.29, 0.717) is 5.25 Å². The molecule has 0 aromatic heterocycles. The molecule has 0 aromatic carbocycles. The summed E-state index contributed by atoms with van der Waals surface area (Å²) in [4.78, 5) is 21.4. The van der Waals surface area contributed by atoms with Crippen LogP contribution in [-0.4, -0.2) is 15.5 Å². The molecule has 0 radical (unpaired) electrons. The highest BCUT2D eigenvalue weighted by atomic mass is 32.2. The molecule has 0 saturated heterocycles. The fraction of sp³-hybridized carbons (Fsp3) is 0.750. The monoisotopic (exact) mass is 203 g/mol. The topological polar surface area (TPSA) is 34.1 Å². The van der Waals surface area contributed by atoms with E-state index in [1.165, 1.54) is 19.3 Å². The molecule has 0 spiro atoms. The standard InChI is InChI=1S/C8H12O2S2/c9-7(11)8(10)12-6-4-2-1-3-5-6/h6H,1-5H2,(H,9,11)/p-1. The first kappa shape index (κ1) is 9.99. The summed E-state index contributed by atoms with van der Waals surface area (Å²) in [5, 5.41) is -0.833. The second-order valence-corrected chi connectivity index (χ2v) is 4.60. The lowest BCUT2D eigenvalue weighted by molar-refractivity contribution is -0.126.